The summed E-state index contributed by atoms with van der Waals surface area (Å²) in [4.78, 5) is 17.7. The minimum atomic E-state index is 0.0412. The van der Waals surface area contributed by atoms with Gasteiger partial charge < -0.3 is 4.90 Å². The van der Waals surface area contributed by atoms with Gasteiger partial charge in [-0.05, 0) is 25.0 Å². The zero-order chi connectivity index (χ0) is 11.7. The van der Waals surface area contributed by atoms with Crippen molar-refractivity contribution in [2.45, 2.75) is 20.3 Å². The molecule has 2 rings (SSSR count). The zero-order valence-corrected chi connectivity index (χ0v) is 9.53. The van der Waals surface area contributed by atoms with Gasteiger partial charge in [0.05, 0.1) is 5.69 Å². The molecule has 0 N–H and O–H groups in total. The van der Waals surface area contributed by atoms with Crippen LogP contribution in [0.4, 0.5) is 5.69 Å². The molecular weight excluding hydrogens is 200 g/mol. The van der Waals surface area contributed by atoms with Crippen molar-refractivity contribution in [3.8, 4) is 12.3 Å². The molecule has 1 aliphatic heterocycles. The first-order valence-corrected chi connectivity index (χ1v) is 5.31. The van der Waals surface area contributed by atoms with Crippen LogP contribution < -0.4 is 4.90 Å². The Morgan fingerprint density at radius 1 is 1.44 bits per heavy atom. The van der Waals surface area contributed by atoms with E-state index < -0.39 is 0 Å². The average molecular weight is 214 g/mol. The SMILES string of the molecule is C#CC1CC(=O)N(c2c(C)cncc2C)C1. The summed E-state index contributed by atoms with van der Waals surface area (Å²) in [5.41, 5.74) is 3.01. The van der Waals surface area contributed by atoms with Gasteiger partial charge in [-0.1, -0.05) is 0 Å². The van der Waals surface area contributed by atoms with Gasteiger partial charge in [-0.15, -0.1) is 12.3 Å². The van der Waals surface area contributed by atoms with Crippen molar-refractivity contribution < 1.29 is 4.79 Å². The molecule has 0 saturated carbocycles. The first-order chi connectivity index (χ1) is 7.63. The number of hydrogen-bond acceptors (Lipinski definition) is 2. The fourth-order valence-corrected chi connectivity index (χ4v) is 2.16. The van der Waals surface area contributed by atoms with Crippen LogP contribution in [0.2, 0.25) is 0 Å². The van der Waals surface area contributed by atoms with E-state index in [1.807, 2.05) is 13.8 Å². The zero-order valence-electron chi connectivity index (χ0n) is 9.53. The summed E-state index contributed by atoms with van der Waals surface area (Å²) in [6.45, 7) is 4.55. The fourth-order valence-electron chi connectivity index (χ4n) is 2.16. The molecule has 1 saturated heterocycles. The van der Waals surface area contributed by atoms with Crippen LogP contribution in [0.5, 0.6) is 0 Å². The normalized spacial score (nSPS) is 19.9. The lowest BCUT2D eigenvalue weighted by atomic mass is 10.1. The first kappa shape index (κ1) is 10.7. The molecular formula is C13H14N2O. The maximum absolute atomic E-state index is 11.9. The van der Waals surface area contributed by atoms with E-state index >= 15 is 0 Å². The average Bonchev–Trinajstić information content (AvgIpc) is 2.60. The van der Waals surface area contributed by atoms with E-state index in [9.17, 15) is 4.79 Å². The summed E-state index contributed by atoms with van der Waals surface area (Å²) in [6, 6.07) is 0. The second-order valence-corrected chi connectivity index (χ2v) is 4.19. The van der Waals surface area contributed by atoms with Gasteiger partial charge in [-0.25, -0.2) is 0 Å². The molecule has 1 aromatic rings. The number of nitrogens with zero attached hydrogens (tertiary/aromatic N) is 2. The van der Waals surface area contributed by atoms with Gasteiger partial charge in [0.25, 0.3) is 0 Å². The van der Waals surface area contributed by atoms with Crippen LogP contribution in [-0.4, -0.2) is 17.4 Å². The van der Waals surface area contributed by atoms with Gasteiger partial charge in [0.2, 0.25) is 5.91 Å². The molecule has 0 spiro atoms. The van der Waals surface area contributed by atoms with E-state index in [4.69, 9.17) is 6.42 Å². The predicted octanol–water partition coefficient (Wildman–Crippen LogP) is 1.68. The monoisotopic (exact) mass is 214 g/mol. The smallest absolute Gasteiger partial charge is 0.228 e. The Kier molecular flexibility index (Phi) is 2.66. The number of rotatable bonds is 1. The molecule has 0 aliphatic carbocycles. The summed E-state index contributed by atoms with van der Waals surface area (Å²) in [7, 11) is 0. The van der Waals surface area contributed by atoms with Crippen LogP contribution in [0, 0.1) is 32.1 Å². The van der Waals surface area contributed by atoms with E-state index in [1.54, 1.807) is 17.3 Å². The first-order valence-electron chi connectivity index (χ1n) is 5.31. The number of aryl methyl sites for hydroxylation is 2. The number of carbonyl (C=O) groups is 1. The van der Waals surface area contributed by atoms with Crippen LogP contribution in [0.1, 0.15) is 17.5 Å². The molecule has 3 heteroatoms. The van der Waals surface area contributed by atoms with Crippen molar-refractivity contribution in [1.29, 1.82) is 0 Å². The van der Waals surface area contributed by atoms with Crippen molar-refractivity contribution in [1.82, 2.24) is 4.98 Å². The van der Waals surface area contributed by atoms with Crippen LogP contribution >= 0.6 is 0 Å². The highest BCUT2D eigenvalue weighted by molar-refractivity contribution is 5.97. The maximum Gasteiger partial charge on any atom is 0.228 e. The maximum atomic E-state index is 11.9. The summed E-state index contributed by atoms with van der Waals surface area (Å²) >= 11 is 0. The molecule has 0 aromatic carbocycles. The molecule has 1 amide bonds. The Labute approximate surface area is 95.5 Å². The lowest BCUT2D eigenvalue weighted by Crippen LogP contribution is -2.26. The molecule has 1 aliphatic rings. The summed E-state index contributed by atoms with van der Waals surface area (Å²) < 4.78 is 0. The van der Waals surface area contributed by atoms with Gasteiger partial charge in [-0.2, -0.15) is 0 Å². The quantitative estimate of drug-likeness (QED) is 0.666. The van der Waals surface area contributed by atoms with Crippen LogP contribution in [0.25, 0.3) is 0 Å². The highest BCUT2D eigenvalue weighted by atomic mass is 16.2. The number of terminal acetylenes is 1. The molecule has 82 valence electrons. The lowest BCUT2D eigenvalue weighted by Gasteiger charge is -2.20. The fraction of sp³-hybridized carbons (Fsp3) is 0.385. The topological polar surface area (TPSA) is 33.2 Å². The second-order valence-electron chi connectivity index (χ2n) is 4.19. The highest BCUT2D eigenvalue weighted by Crippen LogP contribution is 2.29. The van der Waals surface area contributed by atoms with Gasteiger partial charge in [0, 0.05) is 31.3 Å². The standard InChI is InChI=1S/C13H14N2O/c1-4-11-5-12(16)15(8-11)13-9(2)6-14-7-10(13)3/h1,6-7,11H,5,8H2,2-3H3. The van der Waals surface area contributed by atoms with Crippen LogP contribution in [-0.2, 0) is 4.79 Å². The number of anilines is 1. The van der Waals surface area contributed by atoms with Gasteiger partial charge in [0.1, 0.15) is 0 Å². The molecule has 1 atom stereocenters. The molecule has 3 nitrogen and oxygen atoms in total. The van der Waals surface area contributed by atoms with Crippen molar-refractivity contribution >= 4 is 11.6 Å². The van der Waals surface area contributed by atoms with Gasteiger partial charge >= 0.3 is 0 Å². The van der Waals surface area contributed by atoms with Crippen molar-refractivity contribution in [3.63, 3.8) is 0 Å². The van der Waals surface area contributed by atoms with E-state index in [-0.39, 0.29) is 11.8 Å². The molecule has 2 heterocycles. The number of aromatic nitrogens is 1. The number of carbonyl (C=O) groups excluding carboxylic acids is 1. The Bertz CT molecular complexity index is 453. The summed E-state index contributed by atoms with van der Waals surface area (Å²) in [5.74, 6) is 2.81. The largest absolute Gasteiger partial charge is 0.310 e. The highest BCUT2D eigenvalue weighted by Gasteiger charge is 2.30. The number of pyridine rings is 1. The lowest BCUT2D eigenvalue weighted by molar-refractivity contribution is -0.117. The van der Waals surface area contributed by atoms with E-state index in [0.717, 1.165) is 16.8 Å². The minimum Gasteiger partial charge on any atom is -0.310 e. The molecule has 1 fully saturated rings. The third kappa shape index (κ3) is 1.67. The Morgan fingerprint density at radius 2 is 2.06 bits per heavy atom. The Morgan fingerprint density at radius 3 is 2.56 bits per heavy atom. The summed E-state index contributed by atoms with van der Waals surface area (Å²) in [6.07, 6.45) is 9.38. The van der Waals surface area contributed by atoms with E-state index in [2.05, 4.69) is 10.9 Å². The van der Waals surface area contributed by atoms with Gasteiger partial charge in [0.15, 0.2) is 0 Å². The second kappa shape index (κ2) is 3.97. The van der Waals surface area contributed by atoms with Crippen LogP contribution in [0.15, 0.2) is 12.4 Å². The predicted molar refractivity (Wildman–Crippen MR) is 63.0 cm³/mol. The number of amides is 1. The molecule has 0 bridgehead atoms. The van der Waals surface area contributed by atoms with Crippen molar-refractivity contribution in [3.05, 3.63) is 23.5 Å². The van der Waals surface area contributed by atoms with E-state index in [0.29, 0.717) is 13.0 Å². The third-order valence-electron chi connectivity index (χ3n) is 2.91. The molecule has 16 heavy (non-hydrogen) atoms. The number of hydrogen-bond donors (Lipinski definition) is 0. The van der Waals surface area contributed by atoms with Gasteiger partial charge in [-0.3, -0.25) is 9.78 Å². The van der Waals surface area contributed by atoms with Crippen molar-refractivity contribution in [2.75, 3.05) is 11.4 Å². The molecule has 1 aromatic heterocycles. The Hall–Kier alpha value is -1.82. The minimum absolute atomic E-state index is 0.0412. The van der Waals surface area contributed by atoms with E-state index in [1.165, 1.54) is 0 Å². The Balaban J connectivity index is 2.39. The van der Waals surface area contributed by atoms with Crippen molar-refractivity contribution in [2.24, 2.45) is 5.92 Å². The molecule has 0 radical (unpaired) electrons. The third-order valence-corrected chi connectivity index (χ3v) is 2.91. The van der Waals surface area contributed by atoms with Crippen LogP contribution in [0.3, 0.4) is 0 Å². The molecule has 1 unspecified atom stereocenters. The summed E-state index contributed by atoms with van der Waals surface area (Å²) in [5, 5.41) is 0.